The molecule has 0 aliphatic heterocycles. The monoisotopic (exact) mass is 411 g/mol. The minimum Gasteiger partial charge on any atom is -0.459 e. The lowest BCUT2D eigenvalue weighted by atomic mass is 10.2. The van der Waals surface area contributed by atoms with Gasteiger partial charge in [-0.25, -0.2) is 0 Å². The van der Waals surface area contributed by atoms with E-state index in [2.05, 4.69) is 10.6 Å². The fraction of sp³-hybridized carbons (Fsp3) is 0. The van der Waals surface area contributed by atoms with E-state index >= 15 is 0 Å². The molecule has 0 radical (unpaired) electrons. The molecule has 8 nitrogen and oxygen atoms in total. The van der Waals surface area contributed by atoms with Crippen molar-refractivity contribution in [2.45, 2.75) is 0 Å². The molecule has 3 aromatic rings. The van der Waals surface area contributed by atoms with Gasteiger partial charge in [-0.3, -0.25) is 19.7 Å². The minimum absolute atomic E-state index is 0.0372. The summed E-state index contributed by atoms with van der Waals surface area (Å²) >= 11 is 5.87. The second-order valence-corrected chi connectivity index (χ2v) is 6.24. The molecule has 0 fully saturated rings. The van der Waals surface area contributed by atoms with Crippen molar-refractivity contribution < 1.29 is 18.9 Å². The van der Waals surface area contributed by atoms with Crippen LogP contribution in [0.25, 0.3) is 6.08 Å². The lowest BCUT2D eigenvalue weighted by Gasteiger charge is -2.10. The van der Waals surface area contributed by atoms with E-state index in [9.17, 15) is 19.7 Å². The fourth-order valence-electron chi connectivity index (χ4n) is 2.34. The Kier molecular flexibility index (Phi) is 6.06. The van der Waals surface area contributed by atoms with E-state index in [0.717, 1.165) is 0 Å². The number of rotatable bonds is 6. The van der Waals surface area contributed by atoms with E-state index in [0.29, 0.717) is 16.3 Å². The summed E-state index contributed by atoms with van der Waals surface area (Å²) in [6.07, 6.45) is 2.81. The first-order chi connectivity index (χ1) is 13.9. The average Bonchev–Trinajstić information content (AvgIpc) is 3.24. The van der Waals surface area contributed by atoms with E-state index in [4.69, 9.17) is 16.0 Å². The lowest BCUT2D eigenvalue weighted by molar-refractivity contribution is -0.384. The summed E-state index contributed by atoms with van der Waals surface area (Å²) in [7, 11) is 0. The standard InChI is InChI=1S/C20H14ClN3O5/c21-14-5-3-13(4-6-14)12-17(23-20(26)18-2-1-11-29-18)19(25)22-15-7-9-16(10-8-15)24(27)28/h1-12H,(H,22,25)(H,23,26)/b17-12-. The Morgan fingerprint density at radius 1 is 1.03 bits per heavy atom. The summed E-state index contributed by atoms with van der Waals surface area (Å²) in [6.45, 7) is 0. The Labute approximate surface area is 169 Å². The van der Waals surface area contributed by atoms with Gasteiger partial charge in [-0.15, -0.1) is 0 Å². The van der Waals surface area contributed by atoms with Crippen LogP contribution in [0.15, 0.2) is 77.0 Å². The molecule has 0 bridgehead atoms. The summed E-state index contributed by atoms with van der Waals surface area (Å²) in [5.74, 6) is -1.18. The Morgan fingerprint density at radius 2 is 1.72 bits per heavy atom. The molecule has 0 saturated carbocycles. The number of benzene rings is 2. The van der Waals surface area contributed by atoms with E-state index in [-0.39, 0.29) is 17.1 Å². The van der Waals surface area contributed by atoms with Crippen molar-refractivity contribution in [2.75, 3.05) is 5.32 Å². The quantitative estimate of drug-likeness (QED) is 0.357. The van der Waals surface area contributed by atoms with Crippen molar-refractivity contribution in [2.24, 2.45) is 0 Å². The zero-order valence-electron chi connectivity index (χ0n) is 14.8. The van der Waals surface area contributed by atoms with Gasteiger partial charge >= 0.3 is 0 Å². The third kappa shape index (κ3) is 5.30. The highest BCUT2D eigenvalue weighted by Gasteiger charge is 2.17. The first-order valence-corrected chi connectivity index (χ1v) is 8.68. The largest absolute Gasteiger partial charge is 0.459 e. The van der Waals surface area contributed by atoms with Crippen LogP contribution in [-0.4, -0.2) is 16.7 Å². The number of hydrogen-bond acceptors (Lipinski definition) is 5. The van der Waals surface area contributed by atoms with Gasteiger partial charge in [0.2, 0.25) is 0 Å². The van der Waals surface area contributed by atoms with E-state index in [1.54, 1.807) is 30.3 Å². The van der Waals surface area contributed by atoms with Crippen molar-refractivity contribution in [1.29, 1.82) is 0 Å². The van der Waals surface area contributed by atoms with Crippen LogP contribution in [0.4, 0.5) is 11.4 Å². The maximum atomic E-state index is 12.7. The van der Waals surface area contributed by atoms with Crippen molar-refractivity contribution in [1.82, 2.24) is 5.32 Å². The minimum atomic E-state index is -0.617. The average molecular weight is 412 g/mol. The number of amides is 2. The summed E-state index contributed by atoms with van der Waals surface area (Å²) in [5.41, 5.74) is 0.802. The Morgan fingerprint density at radius 3 is 2.31 bits per heavy atom. The van der Waals surface area contributed by atoms with Crippen molar-refractivity contribution in [3.63, 3.8) is 0 Å². The molecule has 2 amide bonds. The number of nitro benzene ring substituents is 1. The van der Waals surface area contributed by atoms with Gasteiger partial charge in [-0.2, -0.15) is 0 Å². The van der Waals surface area contributed by atoms with Crippen LogP contribution in [-0.2, 0) is 4.79 Å². The highest BCUT2D eigenvalue weighted by Crippen LogP contribution is 2.17. The fourth-order valence-corrected chi connectivity index (χ4v) is 2.47. The van der Waals surface area contributed by atoms with Crippen molar-refractivity contribution >= 4 is 40.9 Å². The Bertz CT molecular complexity index is 1060. The first-order valence-electron chi connectivity index (χ1n) is 8.30. The van der Waals surface area contributed by atoms with Crippen molar-refractivity contribution in [3.8, 4) is 0 Å². The van der Waals surface area contributed by atoms with Gasteiger partial charge in [0.25, 0.3) is 17.5 Å². The summed E-state index contributed by atoms with van der Waals surface area (Å²) in [5, 5.41) is 16.4. The van der Waals surface area contributed by atoms with Gasteiger partial charge in [0, 0.05) is 22.8 Å². The predicted molar refractivity (Wildman–Crippen MR) is 107 cm³/mol. The maximum absolute atomic E-state index is 12.7. The zero-order valence-corrected chi connectivity index (χ0v) is 15.6. The highest BCUT2D eigenvalue weighted by molar-refractivity contribution is 6.30. The molecule has 29 heavy (non-hydrogen) atoms. The van der Waals surface area contributed by atoms with E-state index in [1.807, 2.05) is 0 Å². The molecule has 0 unspecified atom stereocenters. The van der Waals surface area contributed by atoms with Crippen LogP contribution in [0, 0.1) is 10.1 Å². The number of furan rings is 1. The zero-order chi connectivity index (χ0) is 20.8. The van der Waals surface area contributed by atoms with Gasteiger partial charge in [0.1, 0.15) is 5.70 Å². The number of carbonyl (C=O) groups excluding carboxylic acids is 2. The number of halogens is 1. The first kappa shape index (κ1) is 19.8. The third-order valence-corrected chi connectivity index (χ3v) is 4.01. The second kappa shape index (κ2) is 8.85. The number of carbonyl (C=O) groups is 2. The molecule has 1 heterocycles. The number of non-ortho nitro benzene ring substituents is 1. The lowest BCUT2D eigenvalue weighted by Crippen LogP contribution is -2.30. The number of nitro groups is 1. The molecule has 146 valence electrons. The molecule has 0 atom stereocenters. The van der Waals surface area contributed by atoms with Gasteiger partial charge < -0.3 is 15.1 Å². The van der Waals surface area contributed by atoms with E-state index in [1.165, 1.54) is 42.7 Å². The molecule has 0 aliphatic carbocycles. The van der Waals surface area contributed by atoms with Crippen LogP contribution < -0.4 is 10.6 Å². The van der Waals surface area contributed by atoms with Crippen LogP contribution in [0.1, 0.15) is 16.1 Å². The van der Waals surface area contributed by atoms with Crippen LogP contribution >= 0.6 is 11.6 Å². The molecule has 0 saturated heterocycles. The van der Waals surface area contributed by atoms with Gasteiger partial charge in [0.15, 0.2) is 5.76 Å². The van der Waals surface area contributed by atoms with Gasteiger partial charge in [-0.1, -0.05) is 23.7 Å². The van der Waals surface area contributed by atoms with Crippen LogP contribution in [0.2, 0.25) is 5.02 Å². The summed E-state index contributed by atoms with van der Waals surface area (Å²) in [6, 6.07) is 15.0. The molecule has 2 N–H and O–H groups in total. The molecule has 0 aliphatic rings. The predicted octanol–water partition coefficient (Wildman–Crippen LogP) is 4.25. The Balaban J connectivity index is 1.84. The SMILES string of the molecule is O=C(Nc1ccc([N+](=O)[O-])cc1)/C(=C/c1ccc(Cl)cc1)NC(=O)c1ccco1. The molecule has 1 aromatic heterocycles. The normalized spacial score (nSPS) is 11.0. The topological polar surface area (TPSA) is 114 Å². The molecule has 9 heteroatoms. The maximum Gasteiger partial charge on any atom is 0.291 e. The molecular weight excluding hydrogens is 398 g/mol. The van der Waals surface area contributed by atoms with Gasteiger partial charge in [-0.05, 0) is 48.0 Å². The van der Waals surface area contributed by atoms with E-state index < -0.39 is 16.7 Å². The molecule has 0 spiro atoms. The number of hydrogen-bond donors (Lipinski definition) is 2. The third-order valence-electron chi connectivity index (χ3n) is 3.75. The summed E-state index contributed by atoms with van der Waals surface area (Å²) in [4.78, 5) is 35.2. The van der Waals surface area contributed by atoms with Crippen LogP contribution in [0.5, 0.6) is 0 Å². The molecular formula is C20H14ClN3O5. The Hall–Kier alpha value is -3.91. The van der Waals surface area contributed by atoms with Crippen LogP contribution in [0.3, 0.4) is 0 Å². The number of anilines is 1. The summed E-state index contributed by atoms with van der Waals surface area (Å²) < 4.78 is 5.04. The van der Waals surface area contributed by atoms with Crippen molar-refractivity contribution in [3.05, 3.63) is 99.1 Å². The molecule has 2 aromatic carbocycles. The highest BCUT2D eigenvalue weighted by atomic mass is 35.5. The van der Waals surface area contributed by atoms with Gasteiger partial charge in [0.05, 0.1) is 11.2 Å². The molecule has 3 rings (SSSR count). The number of nitrogens with one attached hydrogen (secondary N) is 2. The number of nitrogens with zero attached hydrogens (tertiary/aromatic N) is 1. The second-order valence-electron chi connectivity index (χ2n) is 5.80. The smallest absolute Gasteiger partial charge is 0.291 e.